The third kappa shape index (κ3) is 7.12. The van der Waals surface area contributed by atoms with Crippen LogP contribution in [0.2, 0.25) is 0 Å². The first-order chi connectivity index (χ1) is 6.00. The zero-order valence-corrected chi connectivity index (χ0v) is 7.78. The summed E-state index contributed by atoms with van der Waals surface area (Å²) in [6.45, 7) is 0. The molecule has 0 spiro atoms. The molecular formula is C9H9CuN3. The van der Waals surface area contributed by atoms with Gasteiger partial charge in [0.2, 0.25) is 0 Å². The predicted molar refractivity (Wildman–Crippen MR) is 46.3 cm³/mol. The van der Waals surface area contributed by atoms with E-state index in [9.17, 15) is 0 Å². The van der Waals surface area contributed by atoms with E-state index in [2.05, 4.69) is 15.0 Å². The molecule has 0 unspecified atom stereocenters. The van der Waals surface area contributed by atoms with E-state index in [0.29, 0.717) is 0 Å². The Kier molecular flexibility index (Phi) is 7.99. The maximum Gasteiger partial charge on any atom is 0.115 e. The molecule has 0 amide bonds. The molecule has 2 rings (SSSR count). The van der Waals surface area contributed by atoms with Crippen molar-refractivity contribution in [1.82, 2.24) is 15.0 Å². The van der Waals surface area contributed by atoms with Gasteiger partial charge in [0.15, 0.2) is 0 Å². The Morgan fingerprint density at radius 3 is 1.23 bits per heavy atom. The van der Waals surface area contributed by atoms with Crippen molar-refractivity contribution in [3.8, 4) is 0 Å². The SMILES string of the molecule is [Cu].c1ccncc1.c1cncnc1. The van der Waals surface area contributed by atoms with Crippen LogP contribution in [0.15, 0.2) is 55.4 Å². The van der Waals surface area contributed by atoms with Gasteiger partial charge in [-0.3, -0.25) is 4.98 Å². The van der Waals surface area contributed by atoms with Crippen molar-refractivity contribution in [1.29, 1.82) is 0 Å². The van der Waals surface area contributed by atoms with Crippen LogP contribution in [0, 0.1) is 0 Å². The minimum atomic E-state index is 0. The zero-order chi connectivity index (χ0) is 8.49. The maximum atomic E-state index is 3.78. The van der Waals surface area contributed by atoms with Gasteiger partial charge in [-0.1, -0.05) is 6.07 Å². The van der Waals surface area contributed by atoms with Crippen LogP contribution in [0.4, 0.5) is 0 Å². The van der Waals surface area contributed by atoms with Crippen LogP contribution in [-0.4, -0.2) is 15.0 Å². The Balaban J connectivity index is 0.000000206. The van der Waals surface area contributed by atoms with Crippen molar-refractivity contribution in [2.24, 2.45) is 0 Å². The van der Waals surface area contributed by atoms with E-state index < -0.39 is 0 Å². The number of aromatic nitrogens is 3. The van der Waals surface area contributed by atoms with Gasteiger partial charge in [0, 0.05) is 41.9 Å². The van der Waals surface area contributed by atoms with Crippen LogP contribution in [0.5, 0.6) is 0 Å². The molecule has 0 saturated carbocycles. The first kappa shape index (κ1) is 11.7. The van der Waals surface area contributed by atoms with Crippen molar-refractivity contribution in [3.05, 3.63) is 55.4 Å². The fraction of sp³-hybridized carbons (Fsp3) is 0. The smallest absolute Gasteiger partial charge is 0.115 e. The Morgan fingerprint density at radius 1 is 0.538 bits per heavy atom. The Hall–Kier alpha value is -1.25. The summed E-state index contributed by atoms with van der Waals surface area (Å²) in [5, 5.41) is 0. The van der Waals surface area contributed by atoms with Crippen molar-refractivity contribution >= 4 is 0 Å². The van der Waals surface area contributed by atoms with Crippen molar-refractivity contribution in [2.45, 2.75) is 0 Å². The predicted octanol–water partition coefficient (Wildman–Crippen LogP) is 1.56. The standard InChI is InChI=1S/C5H5N.C4H4N2.Cu/c1-2-4-6-5-3-1;1-2-5-4-6-3-1;/h1-5H;1-4H;. The van der Waals surface area contributed by atoms with Gasteiger partial charge in [-0.15, -0.1) is 0 Å². The normalized spacial score (nSPS) is 7.38. The summed E-state index contributed by atoms with van der Waals surface area (Å²) in [6.07, 6.45) is 8.38. The van der Waals surface area contributed by atoms with Gasteiger partial charge >= 0.3 is 0 Å². The average Bonchev–Trinajstić information content (AvgIpc) is 2.24. The van der Waals surface area contributed by atoms with E-state index in [1.54, 1.807) is 30.9 Å². The minimum Gasteiger partial charge on any atom is -0.265 e. The van der Waals surface area contributed by atoms with E-state index in [1.165, 1.54) is 6.33 Å². The number of pyridine rings is 1. The summed E-state index contributed by atoms with van der Waals surface area (Å²) in [7, 11) is 0. The van der Waals surface area contributed by atoms with Crippen LogP contribution in [0.1, 0.15) is 0 Å². The van der Waals surface area contributed by atoms with Gasteiger partial charge in [0.25, 0.3) is 0 Å². The molecule has 0 aliphatic heterocycles. The summed E-state index contributed by atoms with van der Waals surface area (Å²) in [6, 6.07) is 7.49. The summed E-state index contributed by atoms with van der Waals surface area (Å²) in [4.78, 5) is 11.1. The molecule has 0 bridgehead atoms. The number of hydrogen-bond donors (Lipinski definition) is 0. The van der Waals surface area contributed by atoms with Gasteiger partial charge in [0.1, 0.15) is 6.33 Å². The average molecular weight is 223 g/mol. The van der Waals surface area contributed by atoms with Crippen LogP contribution in [0.25, 0.3) is 0 Å². The molecule has 0 fully saturated rings. The Labute approximate surface area is 87.7 Å². The van der Waals surface area contributed by atoms with Crippen molar-refractivity contribution in [3.63, 3.8) is 0 Å². The van der Waals surface area contributed by atoms with Crippen LogP contribution < -0.4 is 0 Å². The van der Waals surface area contributed by atoms with E-state index >= 15 is 0 Å². The summed E-state index contributed by atoms with van der Waals surface area (Å²) < 4.78 is 0. The van der Waals surface area contributed by atoms with Crippen LogP contribution in [0.3, 0.4) is 0 Å². The van der Waals surface area contributed by atoms with Crippen LogP contribution >= 0.6 is 0 Å². The van der Waals surface area contributed by atoms with Gasteiger partial charge in [0.05, 0.1) is 0 Å². The van der Waals surface area contributed by atoms with Crippen molar-refractivity contribution in [2.75, 3.05) is 0 Å². The molecule has 2 aromatic rings. The van der Waals surface area contributed by atoms with Gasteiger partial charge in [-0.25, -0.2) is 9.97 Å². The van der Waals surface area contributed by atoms with E-state index in [4.69, 9.17) is 0 Å². The summed E-state index contributed by atoms with van der Waals surface area (Å²) in [5.74, 6) is 0. The molecule has 71 valence electrons. The van der Waals surface area contributed by atoms with Gasteiger partial charge in [-0.05, 0) is 18.2 Å². The molecule has 1 radical (unpaired) electrons. The zero-order valence-electron chi connectivity index (χ0n) is 6.84. The van der Waals surface area contributed by atoms with Gasteiger partial charge in [-0.2, -0.15) is 0 Å². The molecule has 4 heteroatoms. The quantitative estimate of drug-likeness (QED) is 0.635. The second kappa shape index (κ2) is 8.84. The Morgan fingerprint density at radius 2 is 1.08 bits per heavy atom. The number of hydrogen-bond acceptors (Lipinski definition) is 3. The molecule has 2 aromatic heterocycles. The second-order valence-electron chi connectivity index (χ2n) is 1.93. The van der Waals surface area contributed by atoms with E-state index in [-0.39, 0.29) is 17.1 Å². The summed E-state index contributed by atoms with van der Waals surface area (Å²) in [5.41, 5.74) is 0. The molecule has 3 nitrogen and oxygen atoms in total. The molecule has 0 saturated heterocycles. The molecule has 0 aliphatic carbocycles. The fourth-order valence-corrected chi connectivity index (χ4v) is 0.566. The summed E-state index contributed by atoms with van der Waals surface area (Å²) >= 11 is 0. The topological polar surface area (TPSA) is 38.7 Å². The fourth-order valence-electron chi connectivity index (χ4n) is 0.566. The molecule has 0 aliphatic rings. The van der Waals surface area contributed by atoms with E-state index in [1.807, 2.05) is 18.2 Å². The monoisotopic (exact) mass is 222 g/mol. The van der Waals surface area contributed by atoms with E-state index in [0.717, 1.165) is 0 Å². The number of nitrogens with zero attached hydrogens (tertiary/aromatic N) is 3. The molecule has 0 atom stereocenters. The van der Waals surface area contributed by atoms with Gasteiger partial charge < -0.3 is 0 Å². The molecule has 0 N–H and O–H groups in total. The van der Waals surface area contributed by atoms with Crippen LogP contribution in [-0.2, 0) is 17.1 Å². The largest absolute Gasteiger partial charge is 0.265 e. The third-order valence-corrected chi connectivity index (χ3v) is 1.04. The minimum absolute atomic E-state index is 0. The molecule has 13 heavy (non-hydrogen) atoms. The molecule has 0 aromatic carbocycles. The van der Waals surface area contributed by atoms with Crippen molar-refractivity contribution < 1.29 is 17.1 Å². The third-order valence-electron chi connectivity index (χ3n) is 1.04. The first-order valence-corrected chi connectivity index (χ1v) is 3.55. The first-order valence-electron chi connectivity index (χ1n) is 3.55. The second-order valence-corrected chi connectivity index (χ2v) is 1.93. The Bertz CT molecular complexity index is 190. The maximum absolute atomic E-state index is 3.78. The molecule has 2 heterocycles. The molecular weight excluding hydrogens is 214 g/mol. The number of rotatable bonds is 0.